The van der Waals surface area contributed by atoms with E-state index in [1.165, 1.54) is 21.9 Å². The SMILES string of the molecule is O=C1NCNC12CCN(C(c1ccc(F)cc1)(C1Cc3cccc4cccc1c34)[C@@H]1CO1)CC2. The second kappa shape index (κ2) is 7.35. The van der Waals surface area contributed by atoms with Crippen molar-refractivity contribution >= 4 is 16.7 Å². The molecule has 6 heteroatoms. The van der Waals surface area contributed by atoms with E-state index in [0.717, 1.165) is 37.9 Å². The maximum atomic E-state index is 14.1. The molecule has 2 unspecified atom stereocenters. The van der Waals surface area contributed by atoms with Crippen LogP contribution >= 0.6 is 0 Å². The summed E-state index contributed by atoms with van der Waals surface area (Å²) in [4.78, 5) is 15.2. The molecule has 0 bridgehead atoms. The molecule has 3 aromatic rings. The highest BCUT2D eigenvalue weighted by Gasteiger charge is 2.60. The average molecular weight is 458 g/mol. The number of epoxide rings is 1. The summed E-state index contributed by atoms with van der Waals surface area (Å²) >= 11 is 0. The summed E-state index contributed by atoms with van der Waals surface area (Å²) in [5, 5.41) is 8.99. The van der Waals surface area contributed by atoms with E-state index in [9.17, 15) is 9.18 Å². The monoisotopic (exact) mass is 457 g/mol. The number of hydrogen-bond acceptors (Lipinski definition) is 4. The second-order valence-electron chi connectivity index (χ2n) is 10.2. The van der Waals surface area contributed by atoms with Crippen LogP contribution in [-0.4, -0.2) is 48.8 Å². The van der Waals surface area contributed by atoms with Gasteiger partial charge in [0.2, 0.25) is 5.91 Å². The molecule has 174 valence electrons. The van der Waals surface area contributed by atoms with Crippen LogP contribution in [0.4, 0.5) is 4.39 Å². The van der Waals surface area contributed by atoms with Crippen LogP contribution in [0.2, 0.25) is 0 Å². The van der Waals surface area contributed by atoms with Crippen molar-refractivity contribution < 1.29 is 13.9 Å². The van der Waals surface area contributed by atoms with Gasteiger partial charge in [-0.2, -0.15) is 0 Å². The Balaban J connectivity index is 1.37. The smallest absolute Gasteiger partial charge is 0.241 e. The van der Waals surface area contributed by atoms with Crippen molar-refractivity contribution in [3.05, 3.63) is 83.2 Å². The molecular formula is C28H28FN3O2. The zero-order valence-corrected chi connectivity index (χ0v) is 19.0. The fourth-order valence-corrected chi connectivity index (χ4v) is 7.08. The Hall–Kier alpha value is -2.80. The van der Waals surface area contributed by atoms with Gasteiger partial charge in [-0.15, -0.1) is 0 Å². The molecule has 3 atom stereocenters. The number of piperidine rings is 1. The van der Waals surface area contributed by atoms with Gasteiger partial charge in [-0.3, -0.25) is 15.0 Å². The Kier molecular flexibility index (Phi) is 4.44. The van der Waals surface area contributed by atoms with Gasteiger partial charge in [-0.1, -0.05) is 48.5 Å². The highest BCUT2D eigenvalue weighted by Crippen LogP contribution is 2.56. The van der Waals surface area contributed by atoms with Crippen molar-refractivity contribution in [3.63, 3.8) is 0 Å². The summed E-state index contributed by atoms with van der Waals surface area (Å²) in [6.07, 6.45) is 2.46. The highest BCUT2D eigenvalue weighted by atomic mass is 19.1. The molecule has 2 N–H and O–H groups in total. The topological polar surface area (TPSA) is 56.9 Å². The summed E-state index contributed by atoms with van der Waals surface area (Å²) in [6, 6.07) is 20.2. The van der Waals surface area contributed by atoms with Crippen LogP contribution < -0.4 is 10.6 Å². The molecule has 34 heavy (non-hydrogen) atoms. The Morgan fingerprint density at radius 3 is 2.44 bits per heavy atom. The van der Waals surface area contributed by atoms with Crippen LogP contribution in [0, 0.1) is 5.82 Å². The predicted octanol–water partition coefficient (Wildman–Crippen LogP) is 3.42. The van der Waals surface area contributed by atoms with Crippen molar-refractivity contribution in [3.8, 4) is 0 Å². The van der Waals surface area contributed by atoms with E-state index in [0.29, 0.717) is 13.3 Å². The van der Waals surface area contributed by atoms with Gasteiger partial charge >= 0.3 is 0 Å². The minimum atomic E-state index is -0.478. The van der Waals surface area contributed by atoms with E-state index in [-0.39, 0.29) is 23.7 Å². The number of rotatable bonds is 4. The molecule has 3 fully saturated rings. The first-order chi connectivity index (χ1) is 16.6. The third-order valence-corrected chi connectivity index (χ3v) is 8.74. The van der Waals surface area contributed by atoms with Crippen LogP contribution in [0.25, 0.3) is 10.8 Å². The number of nitrogens with zero attached hydrogens (tertiary/aromatic N) is 1. The number of hydrogen-bond donors (Lipinski definition) is 2. The van der Waals surface area contributed by atoms with Crippen LogP contribution in [0.5, 0.6) is 0 Å². The standard InChI is InChI=1S/C28H28FN3O2/c29-21-9-7-20(8-10-21)28(24-16-34-24,32-13-11-27(12-14-32)26(33)30-17-31-27)23-15-19-5-1-3-18-4-2-6-22(23)25(18)19/h1-10,23-24,31H,11-17H2,(H,30,33)/t23?,24-,28?/m0/s1. The second-order valence-corrected chi connectivity index (χ2v) is 10.2. The van der Waals surface area contributed by atoms with Crippen molar-refractivity contribution in [1.82, 2.24) is 15.5 Å². The van der Waals surface area contributed by atoms with Gasteiger partial charge in [-0.25, -0.2) is 4.39 Å². The van der Waals surface area contributed by atoms with E-state index in [2.05, 4.69) is 51.9 Å². The Morgan fingerprint density at radius 1 is 1.03 bits per heavy atom. The minimum Gasteiger partial charge on any atom is -0.371 e. The normalized spacial score (nSPS) is 27.1. The predicted molar refractivity (Wildman–Crippen MR) is 128 cm³/mol. The molecular weight excluding hydrogens is 429 g/mol. The summed E-state index contributed by atoms with van der Waals surface area (Å²) in [5.74, 6) is 0.0711. The lowest BCUT2D eigenvalue weighted by molar-refractivity contribution is -0.127. The molecule has 7 rings (SSSR count). The number of carbonyl (C=O) groups excluding carboxylic acids is 1. The number of carbonyl (C=O) groups is 1. The van der Waals surface area contributed by atoms with E-state index >= 15 is 0 Å². The molecule has 0 aromatic heterocycles. The van der Waals surface area contributed by atoms with Gasteiger partial charge in [0.25, 0.3) is 0 Å². The summed E-state index contributed by atoms with van der Waals surface area (Å²) in [5.41, 5.74) is 2.93. The molecule has 0 saturated carbocycles. The molecule has 1 amide bonds. The van der Waals surface area contributed by atoms with Crippen molar-refractivity contribution in [1.29, 1.82) is 0 Å². The first kappa shape index (κ1) is 20.6. The van der Waals surface area contributed by atoms with E-state index in [1.54, 1.807) is 12.1 Å². The molecule has 3 saturated heterocycles. The quantitative estimate of drug-likeness (QED) is 0.590. The fourth-order valence-electron chi connectivity index (χ4n) is 7.08. The lowest BCUT2D eigenvalue weighted by atomic mass is 9.69. The molecule has 0 radical (unpaired) electrons. The van der Waals surface area contributed by atoms with Gasteiger partial charge < -0.3 is 10.1 Å². The molecule has 1 aliphatic carbocycles. The van der Waals surface area contributed by atoms with Gasteiger partial charge in [0, 0.05) is 19.0 Å². The molecule has 3 heterocycles. The van der Waals surface area contributed by atoms with Gasteiger partial charge in [0.05, 0.1) is 18.8 Å². The van der Waals surface area contributed by atoms with Crippen molar-refractivity contribution in [2.24, 2.45) is 0 Å². The summed E-state index contributed by atoms with van der Waals surface area (Å²) in [7, 11) is 0. The van der Waals surface area contributed by atoms with Gasteiger partial charge in [-0.05, 0) is 58.9 Å². The first-order valence-electron chi connectivity index (χ1n) is 12.3. The molecule has 3 aromatic carbocycles. The lowest BCUT2D eigenvalue weighted by Gasteiger charge is -2.52. The van der Waals surface area contributed by atoms with E-state index in [1.807, 2.05) is 12.1 Å². The maximum Gasteiger partial charge on any atom is 0.241 e. The zero-order valence-electron chi connectivity index (χ0n) is 19.0. The molecule has 3 aliphatic heterocycles. The third kappa shape index (κ3) is 2.79. The Morgan fingerprint density at radius 2 is 1.76 bits per heavy atom. The number of likely N-dealkylation sites (tertiary alicyclic amines) is 1. The number of nitrogens with one attached hydrogen (secondary N) is 2. The van der Waals surface area contributed by atoms with Crippen LogP contribution in [-0.2, 0) is 21.5 Å². The summed E-state index contributed by atoms with van der Waals surface area (Å²) in [6.45, 7) is 2.79. The lowest BCUT2D eigenvalue weighted by Crippen LogP contribution is -2.62. The molecule has 1 spiro atoms. The molecule has 5 nitrogen and oxygen atoms in total. The van der Waals surface area contributed by atoms with Crippen LogP contribution in [0.1, 0.15) is 35.4 Å². The number of halogens is 1. The Bertz CT molecular complexity index is 1280. The van der Waals surface area contributed by atoms with Crippen LogP contribution in [0.3, 0.4) is 0 Å². The maximum absolute atomic E-state index is 14.1. The minimum absolute atomic E-state index is 0.0342. The molecule has 4 aliphatic rings. The van der Waals surface area contributed by atoms with Gasteiger partial charge in [0.1, 0.15) is 17.5 Å². The zero-order chi connectivity index (χ0) is 22.9. The largest absolute Gasteiger partial charge is 0.371 e. The van der Waals surface area contributed by atoms with E-state index in [4.69, 9.17) is 4.74 Å². The third-order valence-electron chi connectivity index (χ3n) is 8.74. The van der Waals surface area contributed by atoms with Gasteiger partial charge in [0.15, 0.2) is 0 Å². The fraction of sp³-hybridized carbons (Fsp3) is 0.393. The van der Waals surface area contributed by atoms with Crippen LogP contribution in [0.15, 0.2) is 60.7 Å². The van der Waals surface area contributed by atoms with Crippen molar-refractivity contribution in [2.45, 2.75) is 42.4 Å². The highest BCUT2D eigenvalue weighted by molar-refractivity contribution is 5.92. The first-order valence-corrected chi connectivity index (χ1v) is 12.3. The number of amides is 1. The number of ether oxygens (including phenoxy) is 1. The average Bonchev–Trinajstić information content (AvgIpc) is 3.56. The summed E-state index contributed by atoms with van der Waals surface area (Å²) < 4.78 is 20.2. The van der Waals surface area contributed by atoms with Crippen molar-refractivity contribution in [2.75, 3.05) is 26.4 Å². The number of benzene rings is 3. The Labute approximate surface area is 198 Å². The van der Waals surface area contributed by atoms with E-state index < -0.39 is 11.1 Å².